The molecule has 0 saturated carbocycles. The van der Waals surface area contributed by atoms with Crippen molar-refractivity contribution >= 4 is 71.5 Å². The van der Waals surface area contributed by atoms with E-state index in [1.807, 2.05) is 13.0 Å². The maximum atomic E-state index is 2.52. The first kappa shape index (κ1) is 33.7. The molecule has 0 aliphatic carbocycles. The minimum Gasteiger partial charge on any atom is -0.309 e. The molecule has 3 nitrogen and oxygen atoms in total. The average molecular weight is 742 g/mol. The van der Waals surface area contributed by atoms with Crippen LogP contribution in [0.2, 0.25) is 0 Å². The number of allylic oxidation sites excluding steroid dienone is 5. The Bertz CT molecular complexity index is 3400. The van der Waals surface area contributed by atoms with E-state index in [0.29, 0.717) is 0 Å². The molecule has 0 aliphatic heterocycles. The van der Waals surface area contributed by atoms with Crippen LogP contribution < -0.4 is 0 Å². The van der Waals surface area contributed by atoms with E-state index in [4.69, 9.17) is 0 Å². The second-order valence-electron chi connectivity index (χ2n) is 14.9. The van der Waals surface area contributed by atoms with Crippen molar-refractivity contribution in [2.45, 2.75) is 6.92 Å². The van der Waals surface area contributed by atoms with Crippen LogP contribution in [0.3, 0.4) is 0 Å². The Kier molecular flexibility index (Phi) is 8.04. The first-order valence-corrected chi connectivity index (χ1v) is 20.0. The highest BCUT2D eigenvalue weighted by molar-refractivity contribution is 6.18. The zero-order valence-corrected chi connectivity index (χ0v) is 32.1. The van der Waals surface area contributed by atoms with E-state index < -0.39 is 0 Å². The van der Waals surface area contributed by atoms with Gasteiger partial charge < -0.3 is 13.7 Å². The molecular weight excluding hydrogens is 703 g/mol. The monoisotopic (exact) mass is 741 g/mol. The molecule has 11 rings (SSSR count). The lowest BCUT2D eigenvalue weighted by molar-refractivity contribution is 1.14. The van der Waals surface area contributed by atoms with E-state index in [1.165, 1.54) is 71.0 Å². The molecule has 3 heterocycles. The highest BCUT2D eigenvalue weighted by Crippen LogP contribution is 2.43. The number of rotatable bonds is 7. The lowest BCUT2D eigenvalue weighted by Gasteiger charge is -2.16. The maximum Gasteiger partial charge on any atom is 0.0782 e. The van der Waals surface area contributed by atoms with Gasteiger partial charge in [0.25, 0.3) is 0 Å². The van der Waals surface area contributed by atoms with Crippen LogP contribution in [-0.4, -0.2) is 13.7 Å². The van der Waals surface area contributed by atoms with Gasteiger partial charge in [0.15, 0.2) is 0 Å². The number of nitrogens with zero attached hydrogens (tertiary/aromatic N) is 3. The molecule has 0 spiro atoms. The van der Waals surface area contributed by atoms with Crippen LogP contribution in [-0.2, 0) is 0 Å². The van der Waals surface area contributed by atoms with Gasteiger partial charge >= 0.3 is 0 Å². The van der Waals surface area contributed by atoms with Crippen LogP contribution in [0.25, 0.3) is 99.7 Å². The number of fused-ring (bicyclic) bond motifs is 9. The third-order valence-corrected chi connectivity index (χ3v) is 11.5. The van der Waals surface area contributed by atoms with Crippen molar-refractivity contribution in [1.29, 1.82) is 0 Å². The number of benzene rings is 8. The van der Waals surface area contributed by atoms with Gasteiger partial charge in [-0.2, -0.15) is 0 Å². The normalized spacial score (nSPS) is 12.4. The molecule has 0 aliphatic rings. The summed E-state index contributed by atoms with van der Waals surface area (Å²) < 4.78 is 7.44. The van der Waals surface area contributed by atoms with Crippen LogP contribution >= 0.6 is 0 Å². The predicted molar refractivity (Wildman–Crippen MR) is 248 cm³/mol. The molecule has 0 atom stereocenters. The Labute approximate surface area is 336 Å². The summed E-state index contributed by atoms with van der Waals surface area (Å²) in [5.41, 5.74) is 14.0. The van der Waals surface area contributed by atoms with E-state index in [0.717, 1.165) is 28.1 Å². The molecule has 274 valence electrons. The summed E-state index contributed by atoms with van der Waals surface area (Å²) in [7, 11) is 0. The zero-order chi connectivity index (χ0) is 38.6. The smallest absolute Gasteiger partial charge is 0.0782 e. The predicted octanol–water partition coefficient (Wildman–Crippen LogP) is 14.8. The van der Waals surface area contributed by atoms with Crippen LogP contribution in [0.1, 0.15) is 12.5 Å². The lowest BCUT2D eigenvalue weighted by atomic mass is 10.0. The molecule has 8 aromatic carbocycles. The lowest BCUT2D eigenvalue weighted by Crippen LogP contribution is -2.01. The fourth-order valence-corrected chi connectivity index (χ4v) is 9.14. The van der Waals surface area contributed by atoms with Gasteiger partial charge in [-0.05, 0) is 84.3 Å². The summed E-state index contributed by atoms with van der Waals surface area (Å²) in [6.07, 6.45) is 12.6. The Hall–Kier alpha value is -7.62. The molecule has 0 N–H and O–H groups in total. The third kappa shape index (κ3) is 5.28. The molecule has 0 unspecified atom stereocenters. The van der Waals surface area contributed by atoms with Gasteiger partial charge in [0.05, 0.1) is 44.5 Å². The van der Waals surface area contributed by atoms with E-state index in [1.54, 1.807) is 0 Å². The molecule has 0 bridgehead atoms. The molecule has 11 aromatic rings. The minimum atomic E-state index is 1.12. The highest BCUT2D eigenvalue weighted by atomic mass is 15.1. The first-order valence-electron chi connectivity index (χ1n) is 20.0. The highest BCUT2D eigenvalue weighted by Gasteiger charge is 2.23. The summed E-state index contributed by atoms with van der Waals surface area (Å²) in [5, 5.41) is 7.40. The van der Waals surface area contributed by atoms with Crippen molar-refractivity contribution in [2.24, 2.45) is 0 Å². The van der Waals surface area contributed by atoms with Gasteiger partial charge in [-0.3, -0.25) is 0 Å². The van der Waals surface area contributed by atoms with Crippen molar-refractivity contribution in [3.63, 3.8) is 0 Å². The largest absolute Gasteiger partial charge is 0.309 e. The summed E-state index contributed by atoms with van der Waals surface area (Å²) >= 11 is 0. The third-order valence-electron chi connectivity index (χ3n) is 11.5. The van der Waals surface area contributed by atoms with Gasteiger partial charge in [-0.1, -0.05) is 158 Å². The number of para-hydroxylation sites is 5. The number of aromatic nitrogens is 3. The quantitative estimate of drug-likeness (QED) is 0.145. The summed E-state index contributed by atoms with van der Waals surface area (Å²) in [6.45, 7) is 2.03. The Morgan fingerprint density at radius 1 is 0.362 bits per heavy atom. The van der Waals surface area contributed by atoms with Gasteiger partial charge in [-0.25, -0.2) is 0 Å². The average Bonchev–Trinajstić information content (AvgIpc) is 3.93. The van der Waals surface area contributed by atoms with E-state index in [2.05, 4.69) is 226 Å². The van der Waals surface area contributed by atoms with E-state index in [9.17, 15) is 0 Å². The topological polar surface area (TPSA) is 14.8 Å². The molecule has 0 saturated heterocycles. The van der Waals surface area contributed by atoms with Gasteiger partial charge in [0, 0.05) is 38.0 Å². The fourth-order valence-electron chi connectivity index (χ4n) is 9.14. The fraction of sp³-hybridized carbons (Fsp3) is 0.0182. The standard InChI is InChI=1S/C55H39N3/c1-2-3-4-5-7-20-38-35-40(39-21-8-6-9-22-39)37-41(36-38)56-50-31-17-13-26-46(50)54-51(56)32-19-33-52(54)58-49-30-16-12-25-44(49)45-27-18-34-53(55(45)58)57-47-28-14-10-23-42(47)43-24-11-15-29-48(43)57/h2-37H,1H3/b3-2-,5-4-,20-7+. The van der Waals surface area contributed by atoms with Gasteiger partial charge in [0.2, 0.25) is 0 Å². The van der Waals surface area contributed by atoms with Crippen LogP contribution in [0.15, 0.2) is 212 Å². The summed E-state index contributed by atoms with van der Waals surface area (Å²) in [6, 6.07) is 66.6. The Morgan fingerprint density at radius 2 is 0.897 bits per heavy atom. The van der Waals surface area contributed by atoms with Crippen molar-refractivity contribution < 1.29 is 0 Å². The van der Waals surface area contributed by atoms with Crippen molar-refractivity contribution in [3.05, 3.63) is 218 Å². The van der Waals surface area contributed by atoms with Crippen molar-refractivity contribution in [3.8, 4) is 28.2 Å². The van der Waals surface area contributed by atoms with Crippen LogP contribution in [0.5, 0.6) is 0 Å². The van der Waals surface area contributed by atoms with Crippen LogP contribution in [0, 0.1) is 0 Å². The number of hydrogen-bond donors (Lipinski definition) is 0. The van der Waals surface area contributed by atoms with Gasteiger partial charge in [-0.15, -0.1) is 0 Å². The molecule has 58 heavy (non-hydrogen) atoms. The summed E-state index contributed by atoms with van der Waals surface area (Å²) in [5.74, 6) is 0. The van der Waals surface area contributed by atoms with E-state index >= 15 is 0 Å². The minimum absolute atomic E-state index is 1.12. The maximum absolute atomic E-state index is 2.52. The second kappa shape index (κ2) is 13.8. The van der Waals surface area contributed by atoms with Crippen LogP contribution in [0.4, 0.5) is 0 Å². The molecular formula is C55H39N3. The zero-order valence-electron chi connectivity index (χ0n) is 32.1. The number of hydrogen-bond acceptors (Lipinski definition) is 0. The molecule has 0 amide bonds. The van der Waals surface area contributed by atoms with Crippen molar-refractivity contribution in [1.82, 2.24) is 13.7 Å². The summed E-state index contributed by atoms with van der Waals surface area (Å²) in [4.78, 5) is 0. The SMILES string of the molecule is C\C=C/C=C\C=C\c1cc(-c2ccccc2)cc(-n2c3ccccc3c3c(-n4c5ccccc5c5cccc(-n6c7ccccc7c7ccccc76)c54)cccc32)c1. The Balaban J connectivity index is 1.23. The van der Waals surface area contributed by atoms with E-state index in [-0.39, 0.29) is 0 Å². The molecule has 3 heteroatoms. The Morgan fingerprint density at radius 3 is 1.60 bits per heavy atom. The molecule has 0 fully saturated rings. The molecule has 3 aromatic heterocycles. The van der Waals surface area contributed by atoms with Gasteiger partial charge in [0.1, 0.15) is 0 Å². The molecule has 0 radical (unpaired) electrons. The second-order valence-corrected chi connectivity index (χ2v) is 14.9. The van der Waals surface area contributed by atoms with Crippen molar-refractivity contribution in [2.75, 3.05) is 0 Å². The first-order chi connectivity index (χ1) is 28.8.